The van der Waals surface area contributed by atoms with Crippen molar-refractivity contribution >= 4 is 0 Å². The van der Waals surface area contributed by atoms with Crippen molar-refractivity contribution in [3.63, 3.8) is 0 Å². The summed E-state index contributed by atoms with van der Waals surface area (Å²) in [4.78, 5) is 2.54. The number of hydrogen-bond donors (Lipinski definition) is 1. The molecule has 88 valence electrons. The molecule has 2 saturated heterocycles. The molecule has 0 aliphatic carbocycles. The molecule has 0 spiro atoms. The largest absolute Gasteiger partial charge is 0.363 e. The molecule has 0 aromatic heterocycles. The first kappa shape index (κ1) is 11.4. The fourth-order valence-electron chi connectivity index (χ4n) is 2.63. The number of nitrogens with one attached hydrogen (secondary N) is 1. The molecule has 15 heavy (non-hydrogen) atoms. The maximum atomic E-state index is 5.88. The first-order valence-corrected chi connectivity index (χ1v) is 6.37. The van der Waals surface area contributed by atoms with Crippen LogP contribution in [0.5, 0.6) is 0 Å². The minimum atomic E-state index is 0.315. The molecular weight excluding hydrogens is 188 g/mol. The van der Waals surface area contributed by atoms with Crippen molar-refractivity contribution < 1.29 is 4.74 Å². The van der Waals surface area contributed by atoms with Crippen LogP contribution in [-0.4, -0.2) is 43.9 Å². The van der Waals surface area contributed by atoms with E-state index in [9.17, 15) is 0 Å². The molecule has 2 aliphatic heterocycles. The highest BCUT2D eigenvalue weighted by Crippen LogP contribution is 2.22. The fourth-order valence-corrected chi connectivity index (χ4v) is 2.63. The van der Waals surface area contributed by atoms with E-state index in [1.54, 1.807) is 0 Å². The number of likely N-dealkylation sites (tertiary alicyclic amines) is 1. The fraction of sp³-hybridized carbons (Fsp3) is 1.00. The van der Waals surface area contributed by atoms with Crippen LogP contribution in [0.25, 0.3) is 0 Å². The average Bonchev–Trinajstić information content (AvgIpc) is 2.30. The highest BCUT2D eigenvalue weighted by atomic mass is 16.5. The summed E-state index contributed by atoms with van der Waals surface area (Å²) in [6.07, 6.45) is 2.97. The lowest BCUT2D eigenvalue weighted by Gasteiger charge is -2.39. The van der Waals surface area contributed by atoms with Gasteiger partial charge in [0, 0.05) is 19.0 Å². The van der Waals surface area contributed by atoms with Gasteiger partial charge in [-0.25, -0.2) is 0 Å². The Balaban J connectivity index is 1.82. The van der Waals surface area contributed by atoms with E-state index in [-0.39, 0.29) is 0 Å². The molecule has 0 aromatic rings. The van der Waals surface area contributed by atoms with Gasteiger partial charge in [-0.3, -0.25) is 5.32 Å². The number of piperidine rings is 1. The molecule has 3 unspecified atom stereocenters. The van der Waals surface area contributed by atoms with Crippen LogP contribution in [0.4, 0.5) is 0 Å². The molecule has 0 saturated carbocycles. The van der Waals surface area contributed by atoms with E-state index in [4.69, 9.17) is 4.74 Å². The van der Waals surface area contributed by atoms with Crippen molar-refractivity contribution in [2.24, 2.45) is 11.8 Å². The zero-order valence-corrected chi connectivity index (χ0v) is 10.0. The summed E-state index contributed by atoms with van der Waals surface area (Å²) in [6, 6.07) is 0. The van der Waals surface area contributed by atoms with Gasteiger partial charge < -0.3 is 9.64 Å². The van der Waals surface area contributed by atoms with Crippen molar-refractivity contribution in [2.45, 2.75) is 32.9 Å². The van der Waals surface area contributed by atoms with E-state index in [0.29, 0.717) is 18.1 Å². The third kappa shape index (κ3) is 2.92. The van der Waals surface area contributed by atoms with Crippen molar-refractivity contribution in [1.82, 2.24) is 10.2 Å². The Kier molecular flexibility index (Phi) is 4.00. The topological polar surface area (TPSA) is 24.5 Å². The summed E-state index contributed by atoms with van der Waals surface area (Å²) in [7, 11) is 0. The second kappa shape index (κ2) is 5.28. The predicted octanol–water partition coefficient (Wildman–Crippen LogP) is 1.30. The molecule has 2 fully saturated rings. The Labute approximate surface area is 93.2 Å². The smallest absolute Gasteiger partial charge is 0.112 e. The van der Waals surface area contributed by atoms with Crippen LogP contribution >= 0.6 is 0 Å². The number of ether oxygens (including phenoxy) is 1. The van der Waals surface area contributed by atoms with E-state index in [1.807, 2.05) is 0 Å². The quantitative estimate of drug-likeness (QED) is 0.747. The first-order chi connectivity index (χ1) is 7.29. The maximum Gasteiger partial charge on any atom is 0.112 e. The minimum absolute atomic E-state index is 0.315. The first-order valence-electron chi connectivity index (χ1n) is 6.37. The molecule has 0 aromatic carbocycles. The van der Waals surface area contributed by atoms with Crippen molar-refractivity contribution in [3.05, 3.63) is 0 Å². The SMILES string of the molecule is CCN1CCCC(C2NCC(C)CO2)C1. The average molecular weight is 212 g/mol. The van der Waals surface area contributed by atoms with E-state index in [1.165, 1.54) is 32.5 Å². The van der Waals surface area contributed by atoms with Crippen LogP contribution < -0.4 is 5.32 Å². The molecule has 2 rings (SSSR count). The molecule has 3 nitrogen and oxygen atoms in total. The molecule has 3 atom stereocenters. The third-order valence-corrected chi connectivity index (χ3v) is 3.65. The van der Waals surface area contributed by atoms with Gasteiger partial charge in [0.1, 0.15) is 6.23 Å². The molecule has 0 radical (unpaired) electrons. The second-order valence-corrected chi connectivity index (χ2v) is 5.06. The van der Waals surface area contributed by atoms with Gasteiger partial charge in [0.25, 0.3) is 0 Å². The Morgan fingerprint density at radius 2 is 2.33 bits per heavy atom. The van der Waals surface area contributed by atoms with Crippen molar-refractivity contribution in [1.29, 1.82) is 0 Å². The third-order valence-electron chi connectivity index (χ3n) is 3.65. The maximum absolute atomic E-state index is 5.88. The lowest BCUT2D eigenvalue weighted by Crippen LogP contribution is -2.51. The van der Waals surface area contributed by atoms with Gasteiger partial charge in [-0.2, -0.15) is 0 Å². The molecule has 0 amide bonds. The van der Waals surface area contributed by atoms with E-state index < -0.39 is 0 Å². The summed E-state index contributed by atoms with van der Waals surface area (Å²) >= 11 is 0. The lowest BCUT2D eigenvalue weighted by atomic mass is 9.95. The van der Waals surface area contributed by atoms with Gasteiger partial charge in [0.15, 0.2) is 0 Å². The van der Waals surface area contributed by atoms with Gasteiger partial charge in [0.2, 0.25) is 0 Å². The minimum Gasteiger partial charge on any atom is -0.363 e. The predicted molar refractivity (Wildman–Crippen MR) is 61.7 cm³/mol. The van der Waals surface area contributed by atoms with Gasteiger partial charge >= 0.3 is 0 Å². The number of hydrogen-bond acceptors (Lipinski definition) is 3. The van der Waals surface area contributed by atoms with Gasteiger partial charge in [-0.15, -0.1) is 0 Å². The van der Waals surface area contributed by atoms with E-state index in [0.717, 1.165) is 13.2 Å². The molecule has 1 N–H and O–H groups in total. The Hall–Kier alpha value is -0.120. The number of rotatable bonds is 2. The monoisotopic (exact) mass is 212 g/mol. The number of nitrogens with zero attached hydrogens (tertiary/aromatic N) is 1. The molecule has 2 heterocycles. The summed E-state index contributed by atoms with van der Waals surface area (Å²) in [6.45, 7) is 10.2. The van der Waals surface area contributed by atoms with Crippen molar-refractivity contribution in [2.75, 3.05) is 32.8 Å². The Bertz CT molecular complexity index is 190. The highest BCUT2D eigenvalue weighted by Gasteiger charge is 2.29. The molecular formula is C12H24N2O. The van der Waals surface area contributed by atoms with Gasteiger partial charge in [-0.1, -0.05) is 13.8 Å². The van der Waals surface area contributed by atoms with Gasteiger partial charge in [-0.05, 0) is 31.8 Å². The molecule has 0 bridgehead atoms. The van der Waals surface area contributed by atoms with Crippen LogP contribution in [0.15, 0.2) is 0 Å². The highest BCUT2D eigenvalue weighted by molar-refractivity contribution is 4.80. The normalized spacial score (nSPS) is 39.2. The van der Waals surface area contributed by atoms with Crippen LogP contribution in [0.2, 0.25) is 0 Å². The van der Waals surface area contributed by atoms with E-state index in [2.05, 4.69) is 24.1 Å². The summed E-state index contributed by atoms with van der Waals surface area (Å²) in [5.74, 6) is 1.37. The summed E-state index contributed by atoms with van der Waals surface area (Å²) in [5, 5.41) is 3.53. The van der Waals surface area contributed by atoms with Crippen LogP contribution in [-0.2, 0) is 4.74 Å². The lowest BCUT2D eigenvalue weighted by molar-refractivity contribution is -0.0717. The summed E-state index contributed by atoms with van der Waals surface area (Å²) < 4.78 is 5.88. The van der Waals surface area contributed by atoms with E-state index >= 15 is 0 Å². The Morgan fingerprint density at radius 1 is 1.47 bits per heavy atom. The van der Waals surface area contributed by atoms with Crippen LogP contribution in [0, 0.1) is 11.8 Å². The standard InChI is InChI=1S/C12H24N2O/c1-3-14-6-4-5-11(8-14)12-13-7-10(2)9-15-12/h10-13H,3-9H2,1-2H3. The second-order valence-electron chi connectivity index (χ2n) is 5.06. The van der Waals surface area contributed by atoms with Crippen molar-refractivity contribution in [3.8, 4) is 0 Å². The zero-order valence-electron chi connectivity index (χ0n) is 10.0. The van der Waals surface area contributed by atoms with Gasteiger partial charge in [0.05, 0.1) is 6.61 Å². The summed E-state index contributed by atoms with van der Waals surface area (Å²) in [5.41, 5.74) is 0. The van der Waals surface area contributed by atoms with Crippen LogP contribution in [0.1, 0.15) is 26.7 Å². The van der Waals surface area contributed by atoms with Crippen LogP contribution in [0.3, 0.4) is 0 Å². The zero-order chi connectivity index (χ0) is 10.7. The molecule has 2 aliphatic rings. The Morgan fingerprint density at radius 3 is 3.00 bits per heavy atom. The molecule has 3 heteroatoms.